The summed E-state index contributed by atoms with van der Waals surface area (Å²) in [6.45, 7) is 8.55. The first-order valence-electron chi connectivity index (χ1n) is 6.57. The molecule has 90 valence electrons. The Kier molecular flexibility index (Phi) is 7.03. The molecule has 0 aliphatic heterocycles. The van der Waals surface area contributed by atoms with Crippen LogP contribution >= 0.6 is 0 Å². The van der Waals surface area contributed by atoms with Crippen molar-refractivity contribution in [2.45, 2.75) is 46.0 Å². The summed E-state index contributed by atoms with van der Waals surface area (Å²) in [5.74, 6) is 1.62. The van der Waals surface area contributed by atoms with E-state index >= 15 is 0 Å². The number of ether oxygens (including phenoxy) is 1. The third-order valence-electron chi connectivity index (χ3n) is 3.00. The van der Waals surface area contributed by atoms with Gasteiger partial charge in [-0.15, -0.1) is 0 Å². The number of rotatable bonds is 8. The summed E-state index contributed by atoms with van der Waals surface area (Å²) in [5, 5.41) is 3.54. The lowest BCUT2D eigenvalue weighted by Gasteiger charge is -2.11. The maximum Gasteiger partial charge on any atom is 0.0489 e. The first kappa shape index (κ1) is 13.0. The van der Waals surface area contributed by atoms with E-state index in [1.54, 1.807) is 0 Å². The fourth-order valence-electron chi connectivity index (χ4n) is 2.14. The standard InChI is InChI=1S/C13H27NO/c1-12(2)11-15-9-5-8-14-10-13-6-3-4-7-13/h12-14H,3-11H2,1-2H3. The predicted octanol–water partition coefficient (Wildman–Crippen LogP) is 2.83. The van der Waals surface area contributed by atoms with Crippen LogP contribution in [-0.4, -0.2) is 26.3 Å². The monoisotopic (exact) mass is 213 g/mol. The molecule has 1 aliphatic rings. The second-order valence-corrected chi connectivity index (χ2v) is 5.18. The van der Waals surface area contributed by atoms with Crippen LogP contribution in [0.2, 0.25) is 0 Å². The van der Waals surface area contributed by atoms with Crippen molar-refractivity contribution < 1.29 is 4.74 Å². The largest absolute Gasteiger partial charge is 0.381 e. The maximum absolute atomic E-state index is 5.53. The van der Waals surface area contributed by atoms with Gasteiger partial charge in [-0.3, -0.25) is 0 Å². The summed E-state index contributed by atoms with van der Waals surface area (Å²) in [4.78, 5) is 0. The highest BCUT2D eigenvalue weighted by Crippen LogP contribution is 2.23. The Morgan fingerprint density at radius 1 is 1.27 bits per heavy atom. The summed E-state index contributed by atoms with van der Waals surface area (Å²) in [7, 11) is 0. The van der Waals surface area contributed by atoms with E-state index in [4.69, 9.17) is 4.74 Å². The normalized spacial score (nSPS) is 17.8. The first-order valence-corrected chi connectivity index (χ1v) is 6.57. The molecular weight excluding hydrogens is 186 g/mol. The fraction of sp³-hybridized carbons (Fsp3) is 1.00. The van der Waals surface area contributed by atoms with E-state index in [2.05, 4.69) is 19.2 Å². The molecule has 0 atom stereocenters. The highest BCUT2D eigenvalue weighted by atomic mass is 16.5. The van der Waals surface area contributed by atoms with Crippen molar-refractivity contribution in [3.63, 3.8) is 0 Å². The third-order valence-corrected chi connectivity index (χ3v) is 3.00. The van der Waals surface area contributed by atoms with Crippen molar-refractivity contribution in [1.82, 2.24) is 5.32 Å². The average molecular weight is 213 g/mol. The van der Waals surface area contributed by atoms with Gasteiger partial charge in [0.1, 0.15) is 0 Å². The van der Waals surface area contributed by atoms with Crippen molar-refractivity contribution in [1.29, 1.82) is 0 Å². The van der Waals surface area contributed by atoms with Crippen molar-refractivity contribution in [2.24, 2.45) is 11.8 Å². The number of hydrogen-bond donors (Lipinski definition) is 1. The summed E-state index contributed by atoms with van der Waals surface area (Å²) < 4.78 is 5.53. The topological polar surface area (TPSA) is 21.3 Å². The summed E-state index contributed by atoms with van der Waals surface area (Å²) >= 11 is 0. The van der Waals surface area contributed by atoms with Crippen LogP contribution in [0.3, 0.4) is 0 Å². The van der Waals surface area contributed by atoms with Crippen LogP contribution in [0.5, 0.6) is 0 Å². The molecular formula is C13H27NO. The van der Waals surface area contributed by atoms with E-state index in [1.807, 2.05) is 0 Å². The predicted molar refractivity (Wildman–Crippen MR) is 65.1 cm³/mol. The van der Waals surface area contributed by atoms with E-state index in [0.29, 0.717) is 5.92 Å². The van der Waals surface area contributed by atoms with Crippen molar-refractivity contribution in [2.75, 3.05) is 26.3 Å². The van der Waals surface area contributed by atoms with Gasteiger partial charge in [0.25, 0.3) is 0 Å². The zero-order chi connectivity index (χ0) is 10.9. The van der Waals surface area contributed by atoms with E-state index in [1.165, 1.54) is 32.2 Å². The van der Waals surface area contributed by atoms with E-state index in [0.717, 1.165) is 32.1 Å². The molecule has 0 bridgehead atoms. The minimum absolute atomic E-state index is 0.663. The zero-order valence-corrected chi connectivity index (χ0v) is 10.4. The first-order chi connectivity index (χ1) is 7.29. The minimum Gasteiger partial charge on any atom is -0.381 e. The Bertz CT molecular complexity index is 141. The zero-order valence-electron chi connectivity index (χ0n) is 10.4. The third kappa shape index (κ3) is 6.91. The van der Waals surface area contributed by atoms with Crippen LogP contribution in [0.25, 0.3) is 0 Å². The molecule has 1 saturated carbocycles. The van der Waals surface area contributed by atoms with Gasteiger partial charge >= 0.3 is 0 Å². The van der Waals surface area contributed by atoms with E-state index < -0.39 is 0 Å². The van der Waals surface area contributed by atoms with Crippen molar-refractivity contribution >= 4 is 0 Å². The van der Waals surface area contributed by atoms with Crippen LogP contribution in [0.4, 0.5) is 0 Å². The van der Waals surface area contributed by atoms with Crippen LogP contribution < -0.4 is 5.32 Å². The van der Waals surface area contributed by atoms with Gasteiger partial charge in [-0.05, 0) is 44.2 Å². The molecule has 0 aromatic carbocycles. The summed E-state index contributed by atoms with van der Waals surface area (Å²) in [6, 6.07) is 0. The molecule has 0 aromatic heterocycles. The molecule has 0 aromatic rings. The highest BCUT2D eigenvalue weighted by Gasteiger charge is 2.13. The van der Waals surface area contributed by atoms with E-state index in [9.17, 15) is 0 Å². The number of nitrogens with one attached hydrogen (secondary N) is 1. The Morgan fingerprint density at radius 2 is 2.00 bits per heavy atom. The second-order valence-electron chi connectivity index (χ2n) is 5.18. The van der Waals surface area contributed by atoms with Crippen LogP contribution in [-0.2, 0) is 4.74 Å². The molecule has 1 aliphatic carbocycles. The number of hydrogen-bond acceptors (Lipinski definition) is 2. The molecule has 2 heteroatoms. The summed E-state index contributed by atoms with van der Waals surface area (Å²) in [6.07, 6.45) is 6.93. The van der Waals surface area contributed by atoms with Crippen molar-refractivity contribution in [3.05, 3.63) is 0 Å². The van der Waals surface area contributed by atoms with Gasteiger partial charge in [-0.1, -0.05) is 26.7 Å². The lowest BCUT2D eigenvalue weighted by molar-refractivity contribution is 0.108. The Balaban J connectivity index is 1.76. The molecule has 1 fully saturated rings. The smallest absolute Gasteiger partial charge is 0.0489 e. The molecule has 0 radical (unpaired) electrons. The highest BCUT2D eigenvalue weighted by molar-refractivity contribution is 4.69. The molecule has 0 amide bonds. The molecule has 2 nitrogen and oxygen atoms in total. The molecule has 0 spiro atoms. The molecule has 1 N–H and O–H groups in total. The molecule has 0 unspecified atom stereocenters. The van der Waals surface area contributed by atoms with Gasteiger partial charge in [0.2, 0.25) is 0 Å². The Labute approximate surface area is 94.8 Å². The minimum atomic E-state index is 0.663. The van der Waals surface area contributed by atoms with Crippen molar-refractivity contribution in [3.8, 4) is 0 Å². The fourth-order valence-corrected chi connectivity index (χ4v) is 2.14. The van der Waals surface area contributed by atoms with Gasteiger partial charge in [0, 0.05) is 13.2 Å². The Morgan fingerprint density at radius 3 is 2.67 bits per heavy atom. The van der Waals surface area contributed by atoms with Gasteiger partial charge in [0.05, 0.1) is 0 Å². The second kappa shape index (κ2) is 8.12. The quantitative estimate of drug-likeness (QED) is 0.626. The molecule has 1 rings (SSSR count). The van der Waals surface area contributed by atoms with Gasteiger partial charge < -0.3 is 10.1 Å². The Hall–Kier alpha value is -0.0800. The SMILES string of the molecule is CC(C)COCCCNCC1CCCC1. The van der Waals surface area contributed by atoms with Crippen LogP contribution in [0.1, 0.15) is 46.0 Å². The van der Waals surface area contributed by atoms with E-state index in [-0.39, 0.29) is 0 Å². The van der Waals surface area contributed by atoms with Crippen LogP contribution in [0, 0.1) is 11.8 Å². The molecule has 15 heavy (non-hydrogen) atoms. The van der Waals surface area contributed by atoms with Gasteiger partial charge in [0.15, 0.2) is 0 Å². The molecule has 0 heterocycles. The maximum atomic E-state index is 5.53. The van der Waals surface area contributed by atoms with Gasteiger partial charge in [-0.2, -0.15) is 0 Å². The lowest BCUT2D eigenvalue weighted by atomic mass is 10.1. The summed E-state index contributed by atoms with van der Waals surface area (Å²) in [5.41, 5.74) is 0. The average Bonchev–Trinajstić information content (AvgIpc) is 2.68. The lowest BCUT2D eigenvalue weighted by Crippen LogP contribution is -2.23. The van der Waals surface area contributed by atoms with Crippen LogP contribution in [0.15, 0.2) is 0 Å². The van der Waals surface area contributed by atoms with Gasteiger partial charge in [-0.25, -0.2) is 0 Å². The molecule has 0 saturated heterocycles.